The summed E-state index contributed by atoms with van der Waals surface area (Å²) < 4.78 is 0. The van der Waals surface area contributed by atoms with Gasteiger partial charge in [-0.1, -0.05) is 25.7 Å². The third-order valence-corrected chi connectivity index (χ3v) is 3.33. The first-order valence-corrected chi connectivity index (χ1v) is 4.41. The minimum Gasteiger partial charge on any atom is -0.0533 e. The van der Waals surface area contributed by atoms with Crippen LogP contribution in [0, 0.1) is 5.41 Å². The van der Waals surface area contributed by atoms with Gasteiger partial charge in [0, 0.05) is 0 Å². The largest absolute Gasteiger partial charge is 0.0533 e. The Bertz CT molecular complexity index is 92.6. The summed E-state index contributed by atoms with van der Waals surface area (Å²) in [5.74, 6) is 0. The van der Waals surface area contributed by atoms with Crippen LogP contribution in [0.1, 0.15) is 51.4 Å². The Morgan fingerprint density at radius 3 is 1.44 bits per heavy atom. The fourth-order valence-electron chi connectivity index (χ4n) is 2.48. The van der Waals surface area contributed by atoms with E-state index in [0.717, 1.165) is 5.41 Å². The van der Waals surface area contributed by atoms with Gasteiger partial charge in [0.15, 0.2) is 0 Å². The van der Waals surface area contributed by atoms with Gasteiger partial charge in [-0.15, -0.1) is 0 Å². The van der Waals surface area contributed by atoms with Gasteiger partial charge in [-0.3, -0.25) is 0 Å². The van der Waals surface area contributed by atoms with Gasteiger partial charge in [-0.2, -0.15) is 0 Å². The van der Waals surface area contributed by atoms with Crippen LogP contribution in [0.25, 0.3) is 0 Å². The fraction of sp³-hybridized carbons (Fsp3) is 1.00. The van der Waals surface area contributed by atoms with Crippen LogP contribution in [0.5, 0.6) is 0 Å². The van der Waals surface area contributed by atoms with Crippen molar-refractivity contribution < 1.29 is 0 Å². The molecule has 0 heteroatoms. The molecular formula is C9H16. The van der Waals surface area contributed by atoms with Crippen molar-refractivity contribution >= 4 is 0 Å². The van der Waals surface area contributed by atoms with Crippen LogP contribution in [-0.2, 0) is 0 Å². The molecule has 2 fully saturated rings. The molecule has 0 unspecified atom stereocenters. The lowest BCUT2D eigenvalue weighted by atomic mass is 9.61. The van der Waals surface area contributed by atoms with E-state index in [0.29, 0.717) is 0 Å². The molecule has 0 aromatic heterocycles. The smallest absolute Gasteiger partial charge is 0.0297 e. The van der Waals surface area contributed by atoms with Crippen molar-refractivity contribution in [3.63, 3.8) is 0 Å². The lowest BCUT2D eigenvalue weighted by molar-refractivity contribution is 0.0775. The van der Waals surface area contributed by atoms with Gasteiger partial charge in [-0.25, -0.2) is 0 Å². The lowest BCUT2D eigenvalue weighted by Crippen LogP contribution is -2.31. The molecule has 0 aliphatic heterocycles. The van der Waals surface area contributed by atoms with Crippen molar-refractivity contribution in [3.8, 4) is 0 Å². The highest BCUT2D eigenvalue weighted by Crippen LogP contribution is 2.51. The van der Waals surface area contributed by atoms with Gasteiger partial charge in [0.05, 0.1) is 0 Å². The maximum absolute atomic E-state index is 1.56. The molecule has 1 spiro atoms. The van der Waals surface area contributed by atoms with Crippen LogP contribution < -0.4 is 0 Å². The Labute approximate surface area is 57.6 Å². The van der Waals surface area contributed by atoms with Gasteiger partial charge in [0.1, 0.15) is 0 Å². The van der Waals surface area contributed by atoms with Crippen molar-refractivity contribution in [1.29, 1.82) is 0 Å². The number of hydrogen-bond donors (Lipinski definition) is 0. The maximum Gasteiger partial charge on any atom is -0.0297 e. The summed E-state index contributed by atoms with van der Waals surface area (Å²) in [7, 11) is 0. The summed E-state index contributed by atoms with van der Waals surface area (Å²) in [4.78, 5) is 0. The summed E-state index contributed by atoms with van der Waals surface area (Å²) in [5.41, 5.74) is 0.901. The Morgan fingerprint density at radius 2 is 1.11 bits per heavy atom. The maximum atomic E-state index is 1.56. The monoisotopic (exact) mass is 124 g/mol. The molecule has 2 aliphatic carbocycles. The first-order chi connectivity index (χ1) is 4.41. The van der Waals surface area contributed by atoms with Gasteiger partial charge < -0.3 is 0 Å². The average molecular weight is 124 g/mol. The minimum atomic E-state index is 0.901. The zero-order valence-electron chi connectivity index (χ0n) is 6.16. The van der Waals surface area contributed by atoms with E-state index < -0.39 is 0 Å². The molecule has 52 valence electrons. The molecule has 0 radical (unpaired) electrons. The lowest BCUT2D eigenvalue weighted by Gasteiger charge is -2.45. The number of hydrogen-bond acceptors (Lipinski definition) is 0. The van der Waals surface area contributed by atoms with Gasteiger partial charge in [0.2, 0.25) is 0 Å². The van der Waals surface area contributed by atoms with E-state index in [1.807, 2.05) is 0 Å². The molecule has 0 saturated heterocycles. The second kappa shape index (κ2) is 2.00. The SMILES string of the molecule is C1CCC2(CC1)CCC2. The van der Waals surface area contributed by atoms with E-state index in [9.17, 15) is 0 Å². The summed E-state index contributed by atoms with van der Waals surface area (Å²) >= 11 is 0. The van der Waals surface area contributed by atoms with Crippen LogP contribution in [-0.4, -0.2) is 0 Å². The fourth-order valence-corrected chi connectivity index (χ4v) is 2.48. The minimum absolute atomic E-state index is 0.901. The summed E-state index contributed by atoms with van der Waals surface area (Å²) in [6.07, 6.45) is 12.3. The van der Waals surface area contributed by atoms with Crippen LogP contribution in [0.2, 0.25) is 0 Å². The van der Waals surface area contributed by atoms with Crippen molar-refractivity contribution in [2.45, 2.75) is 51.4 Å². The molecule has 0 nitrogen and oxygen atoms in total. The highest BCUT2D eigenvalue weighted by Gasteiger charge is 2.37. The number of rotatable bonds is 0. The van der Waals surface area contributed by atoms with E-state index in [2.05, 4.69) is 0 Å². The molecule has 0 bridgehead atoms. The topological polar surface area (TPSA) is 0 Å². The molecule has 0 aromatic rings. The highest BCUT2D eigenvalue weighted by molar-refractivity contribution is 4.89. The second-order valence-electron chi connectivity index (χ2n) is 3.91. The third kappa shape index (κ3) is 0.889. The predicted molar refractivity (Wildman–Crippen MR) is 39.4 cm³/mol. The van der Waals surface area contributed by atoms with Crippen molar-refractivity contribution in [2.24, 2.45) is 5.41 Å². The standard InChI is InChI=1S/C9H16/c1-2-5-9(6-3-1)7-4-8-9/h1-8H2. The molecule has 0 aromatic carbocycles. The molecule has 2 rings (SSSR count). The van der Waals surface area contributed by atoms with Crippen LogP contribution >= 0.6 is 0 Å². The molecule has 0 N–H and O–H groups in total. The van der Waals surface area contributed by atoms with E-state index in [-0.39, 0.29) is 0 Å². The Kier molecular flexibility index (Phi) is 1.28. The van der Waals surface area contributed by atoms with Gasteiger partial charge in [-0.05, 0) is 31.1 Å². The van der Waals surface area contributed by atoms with E-state index >= 15 is 0 Å². The molecule has 0 heterocycles. The Hall–Kier alpha value is 0. The van der Waals surface area contributed by atoms with Crippen molar-refractivity contribution in [2.75, 3.05) is 0 Å². The second-order valence-corrected chi connectivity index (χ2v) is 3.91. The van der Waals surface area contributed by atoms with Gasteiger partial charge in [0.25, 0.3) is 0 Å². The van der Waals surface area contributed by atoms with E-state index in [1.54, 1.807) is 25.7 Å². The first kappa shape index (κ1) is 5.76. The summed E-state index contributed by atoms with van der Waals surface area (Å²) in [6.45, 7) is 0. The molecule has 0 atom stereocenters. The highest BCUT2D eigenvalue weighted by atomic mass is 14.4. The molecular weight excluding hydrogens is 108 g/mol. The predicted octanol–water partition coefficient (Wildman–Crippen LogP) is 3.12. The molecule has 0 amide bonds. The molecule has 2 aliphatic rings. The van der Waals surface area contributed by atoms with Crippen LogP contribution in [0.15, 0.2) is 0 Å². The van der Waals surface area contributed by atoms with Crippen LogP contribution in [0.4, 0.5) is 0 Å². The average Bonchev–Trinajstić information content (AvgIpc) is 1.87. The van der Waals surface area contributed by atoms with Crippen LogP contribution in [0.3, 0.4) is 0 Å². The van der Waals surface area contributed by atoms with E-state index in [4.69, 9.17) is 0 Å². The van der Waals surface area contributed by atoms with Crippen molar-refractivity contribution in [1.82, 2.24) is 0 Å². The Balaban J connectivity index is 1.93. The quantitative estimate of drug-likeness (QED) is 0.465. The zero-order chi connectivity index (χ0) is 6.16. The van der Waals surface area contributed by atoms with Gasteiger partial charge >= 0.3 is 0 Å². The normalized spacial score (nSPS) is 32.0. The zero-order valence-corrected chi connectivity index (χ0v) is 6.16. The Morgan fingerprint density at radius 1 is 0.556 bits per heavy atom. The summed E-state index contributed by atoms with van der Waals surface area (Å²) in [6, 6.07) is 0. The molecule has 9 heavy (non-hydrogen) atoms. The molecule has 2 saturated carbocycles. The van der Waals surface area contributed by atoms with E-state index in [1.165, 1.54) is 25.7 Å². The third-order valence-electron chi connectivity index (χ3n) is 3.33. The summed E-state index contributed by atoms with van der Waals surface area (Å²) in [5, 5.41) is 0. The first-order valence-electron chi connectivity index (χ1n) is 4.41. The van der Waals surface area contributed by atoms with Crippen molar-refractivity contribution in [3.05, 3.63) is 0 Å².